The topological polar surface area (TPSA) is 88.2 Å². The molecule has 3 aromatic rings. The molecule has 132 valence electrons. The van der Waals surface area contributed by atoms with Gasteiger partial charge in [-0.1, -0.05) is 24.3 Å². The lowest BCUT2D eigenvalue weighted by Gasteiger charge is -2.10. The first-order valence-electron chi connectivity index (χ1n) is 7.86. The van der Waals surface area contributed by atoms with E-state index in [1.165, 1.54) is 18.2 Å². The van der Waals surface area contributed by atoms with Gasteiger partial charge in [0.25, 0.3) is 15.9 Å². The average Bonchev–Trinajstić information content (AvgIpc) is 2.62. The van der Waals surface area contributed by atoms with Gasteiger partial charge in [0.2, 0.25) is 0 Å². The van der Waals surface area contributed by atoms with Gasteiger partial charge in [-0.3, -0.25) is 14.5 Å². The number of nitrogens with zero attached hydrogens (tertiary/aromatic N) is 1. The van der Waals surface area contributed by atoms with Crippen LogP contribution in [0.1, 0.15) is 16.1 Å². The smallest absolute Gasteiger partial charge is 0.261 e. The Kier molecular flexibility index (Phi) is 4.99. The van der Waals surface area contributed by atoms with Gasteiger partial charge in [-0.2, -0.15) is 0 Å². The molecule has 0 spiro atoms. The Balaban J connectivity index is 1.79. The fourth-order valence-corrected chi connectivity index (χ4v) is 3.43. The highest BCUT2D eigenvalue weighted by atomic mass is 32.2. The van der Waals surface area contributed by atoms with Gasteiger partial charge < -0.3 is 5.32 Å². The summed E-state index contributed by atoms with van der Waals surface area (Å²) in [6.07, 6.45) is 1.61. The summed E-state index contributed by atoms with van der Waals surface area (Å²) in [5.74, 6) is -0.337. The van der Waals surface area contributed by atoms with Crippen molar-refractivity contribution in [3.05, 3.63) is 84.2 Å². The van der Waals surface area contributed by atoms with E-state index in [2.05, 4.69) is 15.0 Å². The minimum absolute atomic E-state index is 0.155. The minimum atomic E-state index is -3.71. The molecule has 7 heteroatoms. The molecule has 0 aliphatic heterocycles. The van der Waals surface area contributed by atoms with Crippen molar-refractivity contribution in [2.24, 2.45) is 0 Å². The third-order valence-electron chi connectivity index (χ3n) is 3.59. The van der Waals surface area contributed by atoms with Gasteiger partial charge in [0.15, 0.2) is 0 Å². The van der Waals surface area contributed by atoms with Crippen molar-refractivity contribution in [3.63, 3.8) is 0 Å². The highest BCUT2D eigenvalue weighted by molar-refractivity contribution is 7.92. The van der Waals surface area contributed by atoms with Crippen LogP contribution in [0.3, 0.4) is 0 Å². The molecule has 6 nitrogen and oxygen atoms in total. The Morgan fingerprint density at radius 2 is 1.69 bits per heavy atom. The number of hydrogen-bond acceptors (Lipinski definition) is 4. The SMILES string of the molecule is Cc1cc(NC(=O)c2cccc(NS(=O)(=O)c3ccccc3)c2)ccn1. The first kappa shape index (κ1) is 17.6. The fourth-order valence-electron chi connectivity index (χ4n) is 2.36. The Hall–Kier alpha value is -3.19. The quantitative estimate of drug-likeness (QED) is 0.723. The zero-order valence-electron chi connectivity index (χ0n) is 14.0. The molecule has 0 saturated carbocycles. The van der Waals surface area contributed by atoms with E-state index in [-0.39, 0.29) is 10.8 Å². The van der Waals surface area contributed by atoms with Crippen LogP contribution in [-0.2, 0) is 10.0 Å². The second kappa shape index (κ2) is 7.37. The summed E-state index contributed by atoms with van der Waals surface area (Å²) < 4.78 is 27.3. The van der Waals surface area contributed by atoms with Gasteiger partial charge in [0, 0.05) is 28.8 Å². The predicted octanol–water partition coefficient (Wildman–Crippen LogP) is 3.44. The maximum absolute atomic E-state index is 12.4. The van der Waals surface area contributed by atoms with Crippen molar-refractivity contribution in [1.29, 1.82) is 0 Å². The normalized spacial score (nSPS) is 11.0. The standard InChI is InChI=1S/C19H17N3O3S/c1-14-12-16(10-11-20-14)21-19(23)15-6-5-7-17(13-15)22-26(24,25)18-8-3-2-4-9-18/h2-13,22H,1H3,(H,20,21,23). The van der Waals surface area contributed by atoms with Crippen LogP contribution < -0.4 is 10.0 Å². The third kappa shape index (κ3) is 4.25. The summed E-state index contributed by atoms with van der Waals surface area (Å²) in [6, 6.07) is 17.8. The highest BCUT2D eigenvalue weighted by Crippen LogP contribution is 2.18. The molecule has 0 aliphatic carbocycles. The molecule has 0 radical (unpaired) electrons. The van der Waals surface area contributed by atoms with Crippen LogP contribution in [0.4, 0.5) is 11.4 Å². The number of aryl methyl sites for hydroxylation is 1. The number of nitrogens with one attached hydrogen (secondary N) is 2. The van der Waals surface area contributed by atoms with Crippen molar-refractivity contribution in [3.8, 4) is 0 Å². The lowest BCUT2D eigenvalue weighted by Crippen LogP contribution is -2.15. The molecule has 0 saturated heterocycles. The van der Waals surface area contributed by atoms with E-state index in [0.717, 1.165) is 5.69 Å². The lowest BCUT2D eigenvalue weighted by atomic mass is 10.2. The van der Waals surface area contributed by atoms with Crippen LogP contribution in [0.15, 0.2) is 77.8 Å². The summed E-state index contributed by atoms with van der Waals surface area (Å²) in [4.78, 5) is 16.6. The zero-order chi connectivity index (χ0) is 18.6. The van der Waals surface area contributed by atoms with Crippen LogP contribution in [0.25, 0.3) is 0 Å². The molecular weight excluding hydrogens is 350 g/mol. The number of pyridine rings is 1. The molecular formula is C19H17N3O3S. The third-order valence-corrected chi connectivity index (χ3v) is 4.98. The van der Waals surface area contributed by atoms with Gasteiger partial charge in [0.1, 0.15) is 0 Å². The zero-order valence-corrected chi connectivity index (χ0v) is 14.8. The van der Waals surface area contributed by atoms with Gasteiger partial charge in [-0.15, -0.1) is 0 Å². The number of carbonyl (C=O) groups excluding carboxylic acids is 1. The van der Waals surface area contributed by atoms with Crippen molar-refractivity contribution in [2.75, 3.05) is 10.0 Å². The second-order valence-electron chi connectivity index (χ2n) is 5.64. The number of amides is 1. The van der Waals surface area contributed by atoms with Crippen LogP contribution in [-0.4, -0.2) is 19.3 Å². The number of anilines is 2. The van der Waals surface area contributed by atoms with E-state index in [9.17, 15) is 13.2 Å². The number of hydrogen-bond donors (Lipinski definition) is 2. The number of aromatic nitrogens is 1. The molecule has 3 rings (SSSR count). The maximum Gasteiger partial charge on any atom is 0.261 e. The minimum Gasteiger partial charge on any atom is -0.322 e. The molecule has 0 unspecified atom stereocenters. The summed E-state index contributed by atoms with van der Waals surface area (Å²) in [6.45, 7) is 1.83. The molecule has 2 N–H and O–H groups in total. The monoisotopic (exact) mass is 367 g/mol. The fraction of sp³-hybridized carbons (Fsp3) is 0.0526. The molecule has 1 heterocycles. The molecule has 0 aliphatic rings. The summed E-state index contributed by atoms with van der Waals surface area (Å²) >= 11 is 0. The summed E-state index contributed by atoms with van der Waals surface area (Å²) in [5, 5.41) is 2.76. The van der Waals surface area contributed by atoms with E-state index < -0.39 is 10.0 Å². The Labute approximate surface area is 152 Å². The Morgan fingerprint density at radius 3 is 2.42 bits per heavy atom. The van der Waals surface area contributed by atoms with Gasteiger partial charge in [-0.25, -0.2) is 8.42 Å². The first-order chi connectivity index (χ1) is 12.4. The molecule has 26 heavy (non-hydrogen) atoms. The summed E-state index contributed by atoms with van der Waals surface area (Å²) in [5.41, 5.74) is 2.06. The second-order valence-corrected chi connectivity index (χ2v) is 7.32. The molecule has 0 fully saturated rings. The van der Waals surface area contributed by atoms with Gasteiger partial charge in [0.05, 0.1) is 4.90 Å². The first-order valence-corrected chi connectivity index (χ1v) is 9.34. The largest absolute Gasteiger partial charge is 0.322 e. The lowest BCUT2D eigenvalue weighted by molar-refractivity contribution is 0.102. The molecule has 1 aromatic heterocycles. The molecule has 1 amide bonds. The van der Waals surface area contributed by atoms with E-state index in [0.29, 0.717) is 16.9 Å². The van der Waals surface area contributed by atoms with Crippen molar-refractivity contribution >= 4 is 27.3 Å². The van der Waals surface area contributed by atoms with Gasteiger partial charge >= 0.3 is 0 Å². The summed E-state index contributed by atoms with van der Waals surface area (Å²) in [7, 11) is -3.71. The van der Waals surface area contributed by atoms with Crippen LogP contribution >= 0.6 is 0 Å². The van der Waals surface area contributed by atoms with Crippen molar-refractivity contribution in [1.82, 2.24) is 4.98 Å². The van der Waals surface area contributed by atoms with E-state index in [4.69, 9.17) is 0 Å². The highest BCUT2D eigenvalue weighted by Gasteiger charge is 2.14. The average molecular weight is 367 g/mol. The van der Waals surface area contributed by atoms with Crippen LogP contribution in [0, 0.1) is 6.92 Å². The molecule has 0 atom stereocenters. The number of rotatable bonds is 5. The van der Waals surface area contributed by atoms with Crippen molar-refractivity contribution in [2.45, 2.75) is 11.8 Å². The number of carbonyl (C=O) groups is 1. The van der Waals surface area contributed by atoms with Crippen LogP contribution in [0.2, 0.25) is 0 Å². The maximum atomic E-state index is 12.4. The van der Waals surface area contributed by atoms with Gasteiger partial charge in [-0.05, 0) is 49.4 Å². The number of sulfonamides is 1. The molecule has 0 bridgehead atoms. The van der Waals surface area contributed by atoms with Crippen LogP contribution in [0.5, 0.6) is 0 Å². The van der Waals surface area contributed by atoms with Crippen molar-refractivity contribution < 1.29 is 13.2 Å². The van der Waals surface area contributed by atoms with E-state index in [1.807, 2.05) is 6.92 Å². The number of benzene rings is 2. The van der Waals surface area contributed by atoms with E-state index >= 15 is 0 Å². The van der Waals surface area contributed by atoms with E-state index in [1.54, 1.807) is 54.7 Å². The predicted molar refractivity (Wildman–Crippen MR) is 101 cm³/mol. The Morgan fingerprint density at radius 1 is 0.923 bits per heavy atom. The molecule has 2 aromatic carbocycles. The Bertz CT molecular complexity index is 1030.